The minimum Gasteiger partial charge on any atom is -0.380 e. The van der Waals surface area contributed by atoms with Crippen LogP contribution in [-0.2, 0) is 0 Å². The molecule has 2 rings (SSSR count). The maximum atomic E-state index is 13.7. The number of nitro benzene ring substituents is 1. The van der Waals surface area contributed by atoms with Crippen molar-refractivity contribution < 1.29 is 9.31 Å². The largest absolute Gasteiger partial charge is 0.380 e. The highest BCUT2D eigenvalue weighted by Gasteiger charge is 2.22. The molecule has 18 heavy (non-hydrogen) atoms. The first kappa shape index (κ1) is 12.8. The minimum atomic E-state index is -0.590. The van der Waals surface area contributed by atoms with Gasteiger partial charge in [0.05, 0.1) is 16.7 Å². The molecule has 0 saturated heterocycles. The van der Waals surface area contributed by atoms with E-state index in [0.717, 1.165) is 6.07 Å². The van der Waals surface area contributed by atoms with Gasteiger partial charge in [-0.25, -0.2) is 4.39 Å². The lowest BCUT2D eigenvalue weighted by Crippen LogP contribution is -2.24. The van der Waals surface area contributed by atoms with E-state index in [2.05, 4.69) is 5.32 Å². The van der Waals surface area contributed by atoms with Gasteiger partial charge in [-0.05, 0) is 31.7 Å². The molecular weight excluding hydrogens is 235 g/mol. The molecule has 1 aliphatic carbocycles. The van der Waals surface area contributed by atoms with Gasteiger partial charge in [0.1, 0.15) is 0 Å². The summed E-state index contributed by atoms with van der Waals surface area (Å²) in [5.41, 5.74) is 0.131. The van der Waals surface area contributed by atoms with Crippen LogP contribution < -0.4 is 5.32 Å². The van der Waals surface area contributed by atoms with Crippen LogP contribution in [0.1, 0.15) is 32.6 Å². The number of nitrogens with zero attached hydrogens (tertiary/aromatic N) is 1. The van der Waals surface area contributed by atoms with Crippen LogP contribution in [0, 0.1) is 21.8 Å². The second kappa shape index (κ2) is 5.33. The van der Waals surface area contributed by atoms with E-state index < -0.39 is 10.7 Å². The molecule has 1 unspecified atom stereocenters. The van der Waals surface area contributed by atoms with Gasteiger partial charge in [0.25, 0.3) is 5.69 Å². The Morgan fingerprint density at radius 1 is 1.44 bits per heavy atom. The Morgan fingerprint density at radius 3 is 2.67 bits per heavy atom. The monoisotopic (exact) mass is 252 g/mol. The van der Waals surface area contributed by atoms with Gasteiger partial charge >= 0.3 is 0 Å². The van der Waals surface area contributed by atoms with Crippen molar-refractivity contribution in [1.29, 1.82) is 0 Å². The van der Waals surface area contributed by atoms with Crippen molar-refractivity contribution in [2.75, 3.05) is 5.32 Å². The Kier molecular flexibility index (Phi) is 3.79. The van der Waals surface area contributed by atoms with Crippen molar-refractivity contribution in [2.24, 2.45) is 5.92 Å². The van der Waals surface area contributed by atoms with Crippen LogP contribution in [0.4, 0.5) is 15.8 Å². The molecule has 0 heterocycles. The van der Waals surface area contributed by atoms with Gasteiger partial charge < -0.3 is 5.32 Å². The molecule has 1 saturated carbocycles. The zero-order valence-corrected chi connectivity index (χ0v) is 10.4. The topological polar surface area (TPSA) is 55.2 Å². The van der Waals surface area contributed by atoms with E-state index in [-0.39, 0.29) is 11.7 Å². The number of nitro groups is 1. The molecule has 0 bridgehead atoms. The van der Waals surface area contributed by atoms with Gasteiger partial charge in [-0.3, -0.25) is 10.1 Å². The molecule has 1 aromatic carbocycles. The predicted octanol–water partition coefficient (Wildman–Crippen LogP) is 3.72. The number of non-ortho nitro benzene ring substituents is 1. The summed E-state index contributed by atoms with van der Waals surface area (Å²) in [6.45, 7) is 2.04. The third-order valence-electron chi connectivity index (χ3n) is 3.65. The van der Waals surface area contributed by atoms with Crippen molar-refractivity contribution in [3.8, 4) is 0 Å². The van der Waals surface area contributed by atoms with Crippen molar-refractivity contribution >= 4 is 11.4 Å². The lowest BCUT2D eigenvalue weighted by molar-refractivity contribution is -0.385. The zero-order chi connectivity index (χ0) is 13.1. The highest BCUT2D eigenvalue weighted by molar-refractivity contribution is 5.50. The second-order valence-electron chi connectivity index (χ2n) is 4.90. The van der Waals surface area contributed by atoms with Crippen molar-refractivity contribution in [2.45, 2.75) is 38.6 Å². The van der Waals surface area contributed by atoms with E-state index in [1.807, 2.05) is 6.92 Å². The average Bonchev–Trinajstić information content (AvgIpc) is 2.85. The molecule has 1 atom stereocenters. The molecule has 1 N–H and O–H groups in total. The van der Waals surface area contributed by atoms with Crippen LogP contribution in [0.2, 0.25) is 0 Å². The standard InChI is InChI=1S/C13H17FN2O2/c1-9(10-4-2-3-5-10)15-13-7-6-11(16(17)18)8-12(13)14/h6-10,15H,2-5H2,1H3. The smallest absolute Gasteiger partial charge is 0.272 e. The molecule has 1 aromatic rings. The number of hydrogen-bond donors (Lipinski definition) is 1. The van der Waals surface area contributed by atoms with Gasteiger partial charge in [-0.1, -0.05) is 12.8 Å². The quantitative estimate of drug-likeness (QED) is 0.656. The normalized spacial score (nSPS) is 17.7. The molecule has 4 nitrogen and oxygen atoms in total. The van der Waals surface area contributed by atoms with Gasteiger partial charge in [-0.2, -0.15) is 0 Å². The number of nitrogens with one attached hydrogen (secondary N) is 1. The van der Waals surface area contributed by atoms with Gasteiger partial charge in [-0.15, -0.1) is 0 Å². The first-order chi connectivity index (χ1) is 8.58. The Balaban J connectivity index is 2.06. The molecule has 0 amide bonds. The molecule has 0 aliphatic heterocycles. The van der Waals surface area contributed by atoms with Crippen LogP contribution in [-0.4, -0.2) is 11.0 Å². The van der Waals surface area contributed by atoms with E-state index in [1.54, 1.807) is 0 Å². The summed E-state index contributed by atoms with van der Waals surface area (Å²) in [5, 5.41) is 13.6. The fourth-order valence-corrected chi connectivity index (χ4v) is 2.56. The maximum absolute atomic E-state index is 13.7. The first-order valence-corrected chi connectivity index (χ1v) is 6.28. The molecule has 1 aliphatic rings. The summed E-state index contributed by atoms with van der Waals surface area (Å²) in [5.74, 6) is 0.00800. The summed E-state index contributed by atoms with van der Waals surface area (Å²) in [6, 6.07) is 3.93. The second-order valence-corrected chi connectivity index (χ2v) is 4.90. The van der Waals surface area contributed by atoms with E-state index >= 15 is 0 Å². The third kappa shape index (κ3) is 2.78. The van der Waals surface area contributed by atoms with Crippen molar-refractivity contribution in [3.63, 3.8) is 0 Å². The summed E-state index contributed by atoms with van der Waals surface area (Å²) >= 11 is 0. The summed E-state index contributed by atoms with van der Waals surface area (Å²) in [6.07, 6.45) is 4.81. The SMILES string of the molecule is CC(Nc1ccc([N+](=O)[O-])cc1F)C1CCCC1. The summed E-state index contributed by atoms with van der Waals surface area (Å²) < 4.78 is 13.7. The number of anilines is 1. The third-order valence-corrected chi connectivity index (χ3v) is 3.65. The van der Waals surface area contributed by atoms with Gasteiger partial charge in [0.2, 0.25) is 0 Å². The molecule has 0 aromatic heterocycles. The van der Waals surface area contributed by atoms with Crippen LogP contribution in [0.5, 0.6) is 0 Å². The maximum Gasteiger partial charge on any atom is 0.272 e. The molecule has 5 heteroatoms. The van der Waals surface area contributed by atoms with Crippen LogP contribution >= 0.6 is 0 Å². The van der Waals surface area contributed by atoms with Crippen molar-refractivity contribution in [3.05, 3.63) is 34.1 Å². The highest BCUT2D eigenvalue weighted by atomic mass is 19.1. The summed E-state index contributed by atoms with van der Waals surface area (Å²) in [7, 11) is 0. The Morgan fingerprint density at radius 2 is 2.11 bits per heavy atom. The fraction of sp³-hybridized carbons (Fsp3) is 0.538. The van der Waals surface area contributed by atoms with Crippen molar-refractivity contribution in [1.82, 2.24) is 0 Å². The average molecular weight is 252 g/mol. The van der Waals surface area contributed by atoms with E-state index in [9.17, 15) is 14.5 Å². The summed E-state index contributed by atoms with van der Waals surface area (Å²) in [4.78, 5) is 9.92. The first-order valence-electron chi connectivity index (χ1n) is 6.28. The minimum absolute atomic E-state index is 0.198. The highest BCUT2D eigenvalue weighted by Crippen LogP contribution is 2.30. The van der Waals surface area contributed by atoms with Crippen LogP contribution in [0.25, 0.3) is 0 Å². The molecular formula is C13H17FN2O2. The zero-order valence-electron chi connectivity index (χ0n) is 10.4. The van der Waals surface area contributed by atoms with E-state index in [0.29, 0.717) is 11.6 Å². The molecule has 1 fully saturated rings. The van der Waals surface area contributed by atoms with Gasteiger partial charge in [0, 0.05) is 12.1 Å². The Hall–Kier alpha value is -1.65. The number of benzene rings is 1. The van der Waals surface area contributed by atoms with Crippen LogP contribution in [0.3, 0.4) is 0 Å². The Bertz CT molecular complexity index is 445. The van der Waals surface area contributed by atoms with Gasteiger partial charge in [0.15, 0.2) is 5.82 Å². The lowest BCUT2D eigenvalue weighted by atomic mass is 9.99. The predicted molar refractivity (Wildman–Crippen MR) is 68.1 cm³/mol. The van der Waals surface area contributed by atoms with E-state index in [1.165, 1.54) is 37.8 Å². The van der Waals surface area contributed by atoms with E-state index in [4.69, 9.17) is 0 Å². The lowest BCUT2D eigenvalue weighted by Gasteiger charge is -2.21. The Labute approximate surface area is 105 Å². The number of halogens is 1. The van der Waals surface area contributed by atoms with Crippen LogP contribution in [0.15, 0.2) is 18.2 Å². The molecule has 0 spiro atoms. The molecule has 0 radical (unpaired) electrons. The number of hydrogen-bond acceptors (Lipinski definition) is 3. The number of rotatable bonds is 4. The fourth-order valence-electron chi connectivity index (χ4n) is 2.56. The molecule has 98 valence electrons.